The van der Waals surface area contributed by atoms with Crippen LogP contribution in [-0.4, -0.2) is 18.0 Å². The lowest BCUT2D eigenvalue weighted by molar-refractivity contribution is -0.121. The van der Waals surface area contributed by atoms with Crippen LogP contribution in [-0.2, 0) is 4.79 Å². The molecule has 0 spiro atoms. The molecule has 1 heterocycles. The van der Waals surface area contributed by atoms with Crippen molar-refractivity contribution >= 4 is 23.5 Å². The van der Waals surface area contributed by atoms with Gasteiger partial charge in [0.25, 0.3) is 0 Å². The molecule has 152 valence electrons. The van der Waals surface area contributed by atoms with Crippen LogP contribution in [0.15, 0.2) is 41.6 Å². The highest BCUT2D eigenvalue weighted by molar-refractivity contribution is 7.97. The van der Waals surface area contributed by atoms with E-state index in [1.54, 1.807) is 18.3 Å². The summed E-state index contributed by atoms with van der Waals surface area (Å²) in [4.78, 5) is 16.2. The first kappa shape index (κ1) is 22.1. The van der Waals surface area contributed by atoms with E-state index in [-0.39, 0.29) is 17.6 Å². The van der Waals surface area contributed by atoms with Crippen molar-refractivity contribution in [2.24, 2.45) is 17.0 Å². The molecule has 1 amide bonds. The SMILES string of the molecule is CC1CCCC(C(=O)Nc2ccnc(SN)c2)C1.COc1cccc(F)c1F. The fraction of sp³-hybridized carbons (Fsp3) is 0.400. The molecule has 8 heteroatoms. The molecule has 1 aromatic heterocycles. The molecule has 0 saturated heterocycles. The van der Waals surface area contributed by atoms with E-state index >= 15 is 0 Å². The quantitative estimate of drug-likeness (QED) is 0.710. The van der Waals surface area contributed by atoms with E-state index in [4.69, 9.17) is 5.14 Å². The van der Waals surface area contributed by atoms with E-state index in [0.717, 1.165) is 43.0 Å². The molecule has 1 saturated carbocycles. The number of benzene rings is 1. The summed E-state index contributed by atoms with van der Waals surface area (Å²) >= 11 is 1.08. The predicted octanol–water partition coefficient (Wildman–Crippen LogP) is 4.79. The Kier molecular flexibility index (Phi) is 8.66. The van der Waals surface area contributed by atoms with Crippen molar-refractivity contribution in [1.29, 1.82) is 0 Å². The minimum atomic E-state index is -0.940. The van der Waals surface area contributed by atoms with E-state index in [1.807, 2.05) is 0 Å². The molecule has 1 aliphatic carbocycles. The van der Waals surface area contributed by atoms with Gasteiger partial charge in [-0.05, 0) is 55.0 Å². The van der Waals surface area contributed by atoms with E-state index in [2.05, 4.69) is 22.0 Å². The number of anilines is 1. The van der Waals surface area contributed by atoms with Gasteiger partial charge in [0.05, 0.1) is 7.11 Å². The number of amides is 1. The summed E-state index contributed by atoms with van der Waals surface area (Å²) in [6.07, 6.45) is 6.05. The highest BCUT2D eigenvalue weighted by Gasteiger charge is 2.25. The monoisotopic (exact) mass is 409 g/mol. The first-order valence-electron chi connectivity index (χ1n) is 9.06. The maximum atomic E-state index is 12.5. The molecular weight excluding hydrogens is 384 g/mol. The average Bonchev–Trinajstić information content (AvgIpc) is 2.70. The van der Waals surface area contributed by atoms with E-state index in [9.17, 15) is 13.6 Å². The number of methoxy groups -OCH3 is 1. The zero-order valence-corrected chi connectivity index (χ0v) is 16.8. The summed E-state index contributed by atoms with van der Waals surface area (Å²) < 4.78 is 29.3. The average molecular weight is 410 g/mol. The summed E-state index contributed by atoms with van der Waals surface area (Å²) in [6, 6.07) is 7.38. The standard InChI is InChI=1S/C13H19N3OS.C7H6F2O/c1-9-3-2-4-10(7-9)13(17)16-11-5-6-15-12(8-11)18-14;1-10-6-4-2-3-5(8)7(6)9/h5-6,8-10H,2-4,7,14H2,1H3,(H,15,16,17);2-4H,1H3. The van der Waals surface area contributed by atoms with Gasteiger partial charge in [0.1, 0.15) is 5.03 Å². The van der Waals surface area contributed by atoms with Gasteiger partial charge in [-0.15, -0.1) is 0 Å². The molecule has 1 fully saturated rings. The van der Waals surface area contributed by atoms with Crippen LogP contribution < -0.4 is 15.2 Å². The van der Waals surface area contributed by atoms with Crippen LogP contribution in [0.2, 0.25) is 0 Å². The Labute approximate surface area is 168 Å². The van der Waals surface area contributed by atoms with Crippen molar-refractivity contribution in [2.45, 2.75) is 37.6 Å². The van der Waals surface area contributed by atoms with E-state index in [1.165, 1.54) is 25.7 Å². The maximum absolute atomic E-state index is 12.5. The van der Waals surface area contributed by atoms with Crippen molar-refractivity contribution in [2.75, 3.05) is 12.4 Å². The van der Waals surface area contributed by atoms with Crippen LogP contribution >= 0.6 is 11.9 Å². The number of nitrogens with zero attached hydrogens (tertiary/aromatic N) is 1. The zero-order chi connectivity index (χ0) is 20.5. The minimum Gasteiger partial charge on any atom is -0.494 e. The lowest BCUT2D eigenvalue weighted by Gasteiger charge is -2.25. The van der Waals surface area contributed by atoms with Gasteiger partial charge >= 0.3 is 0 Å². The first-order chi connectivity index (χ1) is 13.4. The predicted molar refractivity (Wildman–Crippen MR) is 107 cm³/mol. The van der Waals surface area contributed by atoms with Gasteiger partial charge in [0, 0.05) is 17.8 Å². The Balaban J connectivity index is 0.000000237. The van der Waals surface area contributed by atoms with Gasteiger partial charge in [-0.25, -0.2) is 9.37 Å². The zero-order valence-electron chi connectivity index (χ0n) is 16.0. The Hall–Kier alpha value is -2.19. The van der Waals surface area contributed by atoms with Crippen molar-refractivity contribution in [3.8, 4) is 5.75 Å². The van der Waals surface area contributed by atoms with Gasteiger partial charge in [-0.3, -0.25) is 9.93 Å². The molecule has 0 radical (unpaired) electrons. The van der Waals surface area contributed by atoms with Gasteiger partial charge in [0.2, 0.25) is 11.7 Å². The van der Waals surface area contributed by atoms with Crippen LogP contribution in [0.4, 0.5) is 14.5 Å². The molecule has 1 aromatic carbocycles. The highest BCUT2D eigenvalue weighted by atomic mass is 32.2. The van der Waals surface area contributed by atoms with Gasteiger partial charge in [-0.2, -0.15) is 4.39 Å². The third kappa shape index (κ3) is 6.45. The Morgan fingerprint density at radius 3 is 2.75 bits per heavy atom. The van der Waals surface area contributed by atoms with E-state index < -0.39 is 11.6 Å². The fourth-order valence-electron chi connectivity index (χ4n) is 3.11. The van der Waals surface area contributed by atoms with Gasteiger partial charge < -0.3 is 10.1 Å². The number of rotatable bonds is 4. The number of nitrogens with one attached hydrogen (secondary N) is 1. The number of carbonyl (C=O) groups excluding carboxylic acids is 1. The molecule has 0 bridgehead atoms. The smallest absolute Gasteiger partial charge is 0.227 e. The fourth-order valence-corrected chi connectivity index (χ4v) is 3.43. The second-order valence-electron chi connectivity index (χ2n) is 6.71. The Morgan fingerprint density at radius 2 is 2.11 bits per heavy atom. The molecule has 2 unspecified atom stereocenters. The van der Waals surface area contributed by atoms with E-state index in [0.29, 0.717) is 10.9 Å². The minimum absolute atomic E-state index is 0.0694. The second kappa shape index (κ2) is 11.0. The largest absolute Gasteiger partial charge is 0.494 e. The lowest BCUT2D eigenvalue weighted by Crippen LogP contribution is -2.27. The third-order valence-electron chi connectivity index (χ3n) is 4.57. The van der Waals surface area contributed by atoms with Crippen LogP contribution in [0.25, 0.3) is 0 Å². The van der Waals surface area contributed by atoms with Gasteiger partial charge in [0.15, 0.2) is 11.6 Å². The van der Waals surface area contributed by atoms with Crippen LogP contribution in [0, 0.1) is 23.5 Å². The highest BCUT2D eigenvalue weighted by Crippen LogP contribution is 2.29. The van der Waals surface area contributed by atoms with Crippen molar-refractivity contribution < 1.29 is 18.3 Å². The Morgan fingerprint density at radius 1 is 1.32 bits per heavy atom. The van der Waals surface area contributed by atoms with Crippen molar-refractivity contribution in [1.82, 2.24) is 4.98 Å². The molecule has 1 aliphatic rings. The number of carbonyl (C=O) groups is 1. The molecule has 3 N–H and O–H groups in total. The molecule has 28 heavy (non-hydrogen) atoms. The number of ether oxygens (including phenoxy) is 1. The topological polar surface area (TPSA) is 77.2 Å². The van der Waals surface area contributed by atoms with Crippen molar-refractivity contribution in [3.63, 3.8) is 0 Å². The normalized spacial score (nSPS) is 18.6. The molecular formula is C20H25F2N3O2S. The van der Waals surface area contributed by atoms with Gasteiger partial charge in [-0.1, -0.05) is 25.8 Å². The summed E-state index contributed by atoms with van der Waals surface area (Å²) in [5, 5.41) is 9.12. The summed E-state index contributed by atoms with van der Waals surface area (Å²) in [7, 11) is 1.29. The summed E-state index contributed by atoms with van der Waals surface area (Å²) in [5.41, 5.74) is 0.779. The first-order valence-corrected chi connectivity index (χ1v) is 9.94. The number of aromatic nitrogens is 1. The van der Waals surface area contributed by atoms with Crippen LogP contribution in [0.3, 0.4) is 0 Å². The van der Waals surface area contributed by atoms with Crippen LogP contribution in [0.5, 0.6) is 5.75 Å². The molecule has 5 nitrogen and oxygen atoms in total. The van der Waals surface area contributed by atoms with Crippen LogP contribution in [0.1, 0.15) is 32.6 Å². The molecule has 2 atom stereocenters. The maximum Gasteiger partial charge on any atom is 0.227 e. The number of nitrogens with two attached hydrogens (primary N) is 1. The van der Waals surface area contributed by atoms with Crippen molar-refractivity contribution in [3.05, 3.63) is 48.2 Å². The second-order valence-corrected chi connectivity index (χ2v) is 7.37. The lowest BCUT2D eigenvalue weighted by atomic mass is 9.82. The number of hydrogen-bond acceptors (Lipinski definition) is 5. The molecule has 0 aliphatic heterocycles. The molecule has 3 rings (SSSR count). The third-order valence-corrected chi connectivity index (χ3v) is 5.03. The molecule has 2 aromatic rings. The Bertz CT molecular complexity index is 792. The summed E-state index contributed by atoms with van der Waals surface area (Å²) in [6.45, 7) is 2.22. The summed E-state index contributed by atoms with van der Waals surface area (Å²) in [5.74, 6) is -0.969. The number of hydrogen-bond donors (Lipinski definition) is 2. The number of pyridine rings is 1. The number of halogens is 2.